The van der Waals surface area contributed by atoms with Crippen molar-refractivity contribution in [3.05, 3.63) is 51.9 Å². The van der Waals surface area contributed by atoms with Crippen LogP contribution in [0.4, 0.5) is 5.13 Å². The van der Waals surface area contributed by atoms with Crippen molar-refractivity contribution >= 4 is 56.0 Å². The molecule has 7 nitrogen and oxygen atoms in total. The van der Waals surface area contributed by atoms with Crippen LogP contribution in [-0.4, -0.2) is 39.4 Å². The van der Waals surface area contributed by atoms with Crippen molar-refractivity contribution in [1.29, 1.82) is 0 Å². The third kappa shape index (κ3) is 6.62. The van der Waals surface area contributed by atoms with Crippen LogP contribution in [0.2, 0.25) is 0 Å². The highest BCUT2D eigenvalue weighted by Crippen LogP contribution is 2.22. The largest absolute Gasteiger partial charge is 0.466 e. The molecule has 0 unspecified atom stereocenters. The molecule has 0 aliphatic carbocycles. The Labute approximate surface area is 184 Å². The highest BCUT2D eigenvalue weighted by atomic mass is 79.9. The highest BCUT2D eigenvalue weighted by Gasteiger charge is 2.11. The maximum absolute atomic E-state index is 12.1. The first-order valence-corrected chi connectivity index (χ1v) is 11.3. The zero-order valence-electron chi connectivity index (χ0n) is 15.4. The number of benzene rings is 1. The lowest BCUT2D eigenvalue weighted by molar-refractivity contribution is -0.142. The number of halogens is 1. The van der Waals surface area contributed by atoms with Gasteiger partial charge in [0.25, 0.3) is 0 Å². The predicted molar refractivity (Wildman–Crippen MR) is 117 cm³/mol. The summed E-state index contributed by atoms with van der Waals surface area (Å²) < 4.78 is 5.89. The number of nitrogens with zero attached hydrogens (tertiary/aromatic N) is 3. The van der Waals surface area contributed by atoms with Crippen LogP contribution in [0.25, 0.3) is 11.3 Å². The fourth-order valence-electron chi connectivity index (χ4n) is 2.27. The molecule has 0 saturated carbocycles. The zero-order valence-corrected chi connectivity index (χ0v) is 18.6. The number of ether oxygens (including phenoxy) is 1. The lowest BCUT2D eigenvalue weighted by Crippen LogP contribution is -2.14. The number of thioether (sulfide) groups is 1. The number of nitrogens with one attached hydrogen (secondary N) is 1. The molecule has 10 heteroatoms. The molecule has 0 radical (unpaired) electrons. The highest BCUT2D eigenvalue weighted by molar-refractivity contribution is 9.10. The van der Waals surface area contributed by atoms with E-state index in [9.17, 15) is 9.59 Å². The van der Waals surface area contributed by atoms with Crippen LogP contribution >= 0.6 is 39.0 Å². The molecule has 0 atom stereocenters. The number of amides is 1. The van der Waals surface area contributed by atoms with Gasteiger partial charge in [-0.25, -0.2) is 4.98 Å². The standard InChI is InChI=1S/C19H17BrN4O3S2/c1-2-27-18(26)9-14-10-29-19(21-14)22-16(25)11-28-17-8-7-15(23-24-17)12-3-5-13(20)6-4-12/h3-8,10H,2,9,11H2,1H3,(H,21,22,25). The molecule has 3 aromatic rings. The molecule has 2 heterocycles. The van der Waals surface area contributed by atoms with Gasteiger partial charge in [-0.1, -0.05) is 39.8 Å². The van der Waals surface area contributed by atoms with E-state index < -0.39 is 0 Å². The smallest absolute Gasteiger partial charge is 0.311 e. The van der Waals surface area contributed by atoms with Crippen molar-refractivity contribution in [2.45, 2.75) is 18.4 Å². The summed E-state index contributed by atoms with van der Waals surface area (Å²) in [5, 5.41) is 13.9. The number of esters is 1. The summed E-state index contributed by atoms with van der Waals surface area (Å²) in [6, 6.07) is 11.5. The van der Waals surface area contributed by atoms with E-state index in [2.05, 4.69) is 36.4 Å². The van der Waals surface area contributed by atoms with Gasteiger partial charge in [-0.15, -0.1) is 21.5 Å². The van der Waals surface area contributed by atoms with E-state index in [1.165, 1.54) is 23.1 Å². The Kier molecular flexibility index (Phi) is 7.73. The van der Waals surface area contributed by atoms with Gasteiger partial charge in [-0.05, 0) is 31.2 Å². The van der Waals surface area contributed by atoms with E-state index in [0.717, 1.165) is 15.7 Å². The summed E-state index contributed by atoms with van der Waals surface area (Å²) in [6.07, 6.45) is 0.0925. The lowest BCUT2D eigenvalue weighted by atomic mass is 10.1. The first-order chi connectivity index (χ1) is 14.0. The summed E-state index contributed by atoms with van der Waals surface area (Å²) in [7, 11) is 0. The minimum atomic E-state index is -0.337. The second kappa shape index (κ2) is 10.5. The number of hydrogen-bond acceptors (Lipinski definition) is 8. The van der Waals surface area contributed by atoms with E-state index in [4.69, 9.17) is 4.74 Å². The summed E-state index contributed by atoms with van der Waals surface area (Å²) >= 11 is 5.96. The van der Waals surface area contributed by atoms with Gasteiger partial charge in [0.1, 0.15) is 5.03 Å². The number of anilines is 1. The Bertz CT molecular complexity index is 978. The normalized spacial score (nSPS) is 10.6. The SMILES string of the molecule is CCOC(=O)Cc1csc(NC(=O)CSc2ccc(-c3ccc(Br)cc3)nn2)n1. The van der Waals surface area contributed by atoms with Crippen LogP contribution in [0.3, 0.4) is 0 Å². The van der Waals surface area contributed by atoms with Gasteiger partial charge < -0.3 is 10.1 Å². The molecule has 1 amide bonds. The number of carbonyl (C=O) groups is 2. The van der Waals surface area contributed by atoms with E-state index in [1.54, 1.807) is 12.3 Å². The Morgan fingerprint density at radius 1 is 1.17 bits per heavy atom. The molecule has 0 fully saturated rings. The van der Waals surface area contributed by atoms with E-state index in [-0.39, 0.29) is 24.1 Å². The molecular weight excluding hydrogens is 476 g/mol. The monoisotopic (exact) mass is 492 g/mol. The van der Waals surface area contributed by atoms with Gasteiger partial charge in [-0.2, -0.15) is 0 Å². The third-order valence-electron chi connectivity index (χ3n) is 3.56. The van der Waals surface area contributed by atoms with Gasteiger partial charge >= 0.3 is 5.97 Å². The Morgan fingerprint density at radius 3 is 2.66 bits per heavy atom. The zero-order chi connectivity index (χ0) is 20.6. The molecule has 29 heavy (non-hydrogen) atoms. The molecule has 0 aliphatic rings. The summed E-state index contributed by atoms with van der Waals surface area (Å²) in [5.74, 6) is -0.360. The molecule has 0 saturated heterocycles. The number of rotatable bonds is 8. The Hall–Kier alpha value is -2.30. The first kappa shape index (κ1) is 21.4. The molecule has 1 N–H and O–H groups in total. The second-order valence-electron chi connectivity index (χ2n) is 5.73. The summed E-state index contributed by atoms with van der Waals surface area (Å²) in [5.41, 5.74) is 2.31. The van der Waals surface area contributed by atoms with Crippen LogP contribution in [0.5, 0.6) is 0 Å². The van der Waals surface area contributed by atoms with Crippen molar-refractivity contribution in [1.82, 2.24) is 15.2 Å². The van der Waals surface area contributed by atoms with Crippen molar-refractivity contribution < 1.29 is 14.3 Å². The maximum Gasteiger partial charge on any atom is 0.311 e. The van der Waals surface area contributed by atoms with Crippen LogP contribution in [-0.2, 0) is 20.7 Å². The van der Waals surface area contributed by atoms with Crippen LogP contribution < -0.4 is 5.32 Å². The molecule has 0 bridgehead atoms. The third-order valence-corrected chi connectivity index (χ3v) is 5.82. The number of hydrogen-bond donors (Lipinski definition) is 1. The van der Waals surface area contributed by atoms with Crippen molar-refractivity contribution in [3.8, 4) is 11.3 Å². The van der Waals surface area contributed by atoms with Crippen molar-refractivity contribution in [2.24, 2.45) is 0 Å². The van der Waals surface area contributed by atoms with Crippen molar-refractivity contribution in [3.63, 3.8) is 0 Å². The molecule has 2 aromatic heterocycles. The minimum Gasteiger partial charge on any atom is -0.466 e. The molecule has 3 rings (SSSR count). The predicted octanol–water partition coefficient (Wildman–Crippen LogP) is 4.20. The first-order valence-electron chi connectivity index (χ1n) is 8.66. The van der Waals surface area contributed by atoms with Crippen molar-refractivity contribution in [2.75, 3.05) is 17.7 Å². The van der Waals surface area contributed by atoms with Crippen LogP contribution in [0.1, 0.15) is 12.6 Å². The average Bonchev–Trinajstić information content (AvgIpc) is 3.14. The summed E-state index contributed by atoms with van der Waals surface area (Å²) in [4.78, 5) is 27.8. The van der Waals surface area contributed by atoms with Gasteiger partial charge in [-0.3, -0.25) is 9.59 Å². The van der Waals surface area contributed by atoms with Gasteiger partial charge in [0.15, 0.2) is 5.13 Å². The fraction of sp³-hybridized carbons (Fsp3) is 0.211. The fourth-order valence-corrected chi connectivity index (χ4v) is 3.88. The Morgan fingerprint density at radius 2 is 1.97 bits per heavy atom. The van der Waals surface area contributed by atoms with Gasteiger partial charge in [0, 0.05) is 15.4 Å². The van der Waals surface area contributed by atoms with Crippen LogP contribution in [0.15, 0.2) is 51.3 Å². The molecular formula is C19H17BrN4O3S2. The van der Waals surface area contributed by atoms with E-state index >= 15 is 0 Å². The average molecular weight is 493 g/mol. The topological polar surface area (TPSA) is 94.1 Å². The Balaban J connectivity index is 1.48. The van der Waals surface area contributed by atoms with E-state index in [1.807, 2.05) is 36.4 Å². The van der Waals surface area contributed by atoms with E-state index in [0.29, 0.717) is 22.5 Å². The number of thiazole rings is 1. The van der Waals surface area contributed by atoms with Crippen LogP contribution in [0, 0.1) is 0 Å². The molecule has 1 aromatic carbocycles. The second-order valence-corrected chi connectivity index (χ2v) is 8.50. The number of aromatic nitrogens is 3. The molecule has 150 valence electrons. The van der Waals surface area contributed by atoms with Gasteiger partial charge in [0.2, 0.25) is 5.91 Å². The molecule has 0 aliphatic heterocycles. The minimum absolute atomic E-state index is 0.0925. The lowest BCUT2D eigenvalue weighted by Gasteiger charge is -2.03. The number of carbonyl (C=O) groups excluding carboxylic acids is 2. The quantitative estimate of drug-likeness (QED) is 0.371. The summed E-state index contributed by atoms with van der Waals surface area (Å²) in [6.45, 7) is 2.08. The van der Waals surface area contributed by atoms with Gasteiger partial charge in [0.05, 0.1) is 30.2 Å². The molecule has 0 spiro atoms. The maximum atomic E-state index is 12.1.